The molecule has 0 saturated heterocycles. The Morgan fingerprint density at radius 3 is 3.00 bits per heavy atom. The Kier molecular flexibility index (Phi) is 3.92. The number of nitrogens with one attached hydrogen (secondary N) is 1. The number of fused-ring (bicyclic) bond motifs is 1. The van der Waals surface area contributed by atoms with Crippen LogP contribution in [0.25, 0.3) is 0 Å². The van der Waals surface area contributed by atoms with E-state index in [1.807, 2.05) is 18.2 Å². The fourth-order valence-corrected chi connectivity index (χ4v) is 2.57. The van der Waals surface area contributed by atoms with E-state index in [4.69, 9.17) is 14.2 Å². The van der Waals surface area contributed by atoms with E-state index < -0.39 is 5.97 Å². The molecule has 6 nitrogen and oxygen atoms in total. The summed E-state index contributed by atoms with van der Waals surface area (Å²) < 4.78 is 15.9. The van der Waals surface area contributed by atoms with Crippen LogP contribution in [-0.4, -0.2) is 30.8 Å². The fraction of sp³-hybridized carbons (Fsp3) is 0.286. The van der Waals surface area contributed by atoms with Crippen molar-refractivity contribution in [3.8, 4) is 11.5 Å². The normalized spacial score (nSPS) is 12.8. The van der Waals surface area contributed by atoms with Gasteiger partial charge < -0.3 is 19.5 Å². The van der Waals surface area contributed by atoms with Crippen molar-refractivity contribution in [3.05, 3.63) is 29.3 Å². The number of carbonyl (C=O) groups is 1. The van der Waals surface area contributed by atoms with E-state index in [1.165, 1.54) is 11.3 Å². The van der Waals surface area contributed by atoms with Crippen molar-refractivity contribution in [1.29, 1.82) is 0 Å². The summed E-state index contributed by atoms with van der Waals surface area (Å²) >= 11 is 1.34. The summed E-state index contributed by atoms with van der Waals surface area (Å²) in [5.74, 6) is 1.02. The maximum Gasteiger partial charge on any atom is 0.357 e. The summed E-state index contributed by atoms with van der Waals surface area (Å²) in [6.45, 7) is 3.20. The molecule has 0 atom stereocenters. The number of hydrogen-bond acceptors (Lipinski definition) is 7. The van der Waals surface area contributed by atoms with Gasteiger partial charge in [0.05, 0.1) is 6.61 Å². The number of hydrogen-bond donors (Lipinski definition) is 1. The van der Waals surface area contributed by atoms with Gasteiger partial charge in [-0.25, -0.2) is 9.78 Å². The third-order valence-electron chi connectivity index (χ3n) is 2.78. The van der Waals surface area contributed by atoms with Crippen LogP contribution in [-0.2, 0) is 4.74 Å². The Morgan fingerprint density at radius 2 is 2.19 bits per heavy atom. The predicted molar refractivity (Wildman–Crippen MR) is 78.8 cm³/mol. The quantitative estimate of drug-likeness (QED) is 0.876. The third-order valence-corrected chi connectivity index (χ3v) is 3.54. The lowest BCUT2D eigenvalue weighted by Crippen LogP contribution is -2.15. The molecule has 7 heteroatoms. The predicted octanol–water partition coefficient (Wildman–Crippen LogP) is 2.83. The first-order valence-corrected chi connectivity index (χ1v) is 7.43. The van der Waals surface area contributed by atoms with Crippen LogP contribution in [0, 0.1) is 0 Å². The van der Waals surface area contributed by atoms with Crippen molar-refractivity contribution in [2.45, 2.75) is 6.92 Å². The molecular formula is C14H14N2O4S. The maximum atomic E-state index is 11.6. The number of thiazole rings is 1. The molecule has 0 amide bonds. The molecule has 0 radical (unpaired) electrons. The molecule has 2 heterocycles. The molecule has 1 aliphatic rings. The van der Waals surface area contributed by atoms with Crippen LogP contribution in [0.5, 0.6) is 11.5 Å². The highest BCUT2D eigenvalue weighted by Crippen LogP contribution is 2.34. The molecule has 0 spiro atoms. The minimum atomic E-state index is -0.413. The highest BCUT2D eigenvalue weighted by atomic mass is 32.1. The molecule has 110 valence electrons. The van der Waals surface area contributed by atoms with Gasteiger partial charge in [-0.1, -0.05) is 0 Å². The number of aromatic nitrogens is 1. The fourth-order valence-electron chi connectivity index (χ4n) is 1.87. The molecule has 21 heavy (non-hydrogen) atoms. The third kappa shape index (κ3) is 3.08. The Hall–Kier alpha value is -2.28. The lowest BCUT2D eigenvalue weighted by atomic mass is 10.2. The van der Waals surface area contributed by atoms with Crippen molar-refractivity contribution in [2.75, 3.05) is 25.1 Å². The molecule has 3 rings (SSSR count). The van der Waals surface area contributed by atoms with Gasteiger partial charge in [0, 0.05) is 17.1 Å². The van der Waals surface area contributed by atoms with E-state index in [0.717, 1.165) is 11.4 Å². The van der Waals surface area contributed by atoms with Crippen LogP contribution in [0.15, 0.2) is 23.6 Å². The SMILES string of the molecule is CCOC(=O)c1csc(Nc2ccc3c(c2)OCCO3)n1. The van der Waals surface area contributed by atoms with Crippen LogP contribution in [0.2, 0.25) is 0 Å². The van der Waals surface area contributed by atoms with Gasteiger partial charge >= 0.3 is 5.97 Å². The van der Waals surface area contributed by atoms with E-state index in [0.29, 0.717) is 36.4 Å². The maximum absolute atomic E-state index is 11.6. The molecule has 0 fully saturated rings. The van der Waals surface area contributed by atoms with Crippen LogP contribution in [0.1, 0.15) is 17.4 Å². The zero-order valence-corrected chi connectivity index (χ0v) is 12.2. The van der Waals surface area contributed by atoms with Crippen LogP contribution in [0.4, 0.5) is 10.8 Å². The standard InChI is InChI=1S/C14H14N2O4S/c1-2-18-13(17)10-8-21-14(16-10)15-9-3-4-11-12(7-9)20-6-5-19-11/h3-4,7-8H,2,5-6H2,1H3,(H,15,16). The second kappa shape index (κ2) is 6.01. The van der Waals surface area contributed by atoms with E-state index in [2.05, 4.69) is 10.3 Å². The minimum absolute atomic E-state index is 0.307. The first-order chi connectivity index (χ1) is 10.3. The lowest BCUT2D eigenvalue weighted by Gasteiger charge is -2.18. The topological polar surface area (TPSA) is 69.7 Å². The average molecular weight is 306 g/mol. The molecule has 1 aromatic carbocycles. The first kappa shape index (κ1) is 13.7. The lowest BCUT2D eigenvalue weighted by molar-refractivity contribution is 0.0520. The van der Waals surface area contributed by atoms with Crippen molar-refractivity contribution in [1.82, 2.24) is 4.98 Å². The molecule has 0 bridgehead atoms. The zero-order chi connectivity index (χ0) is 14.7. The molecule has 1 aromatic heterocycles. The average Bonchev–Trinajstić information content (AvgIpc) is 2.96. The van der Waals surface area contributed by atoms with E-state index >= 15 is 0 Å². The largest absolute Gasteiger partial charge is 0.486 e. The molecule has 2 aromatic rings. The number of carbonyl (C=O) groups excluding carboxylic acids is 1. The molecule has 1 N–H and O–H groups in total. The van der Waals surface area contributed by atoms with Crippen molar-refractivity contribution >= 4 is 28.1 Å². The van der Waals surface area contributed by atoms with Crippen molar-refractivity contribution in [2.24, 2.45) is 0 Å². The highest BCUT2D eigenvalue weighted by molar-refractivity contribution is 7.14. The van der Waals surface area contributed by atoms with Gasteiger partial charge in [0.2, 0.25) is 0 Å². The van der Waals surface area contributed by atoms with Crippen LogP contribution in [0.3, 0.4) is 0 Å². The minimum Gasteiger partial charge on any atom is -0.486 e. The van der Waals surface area contributed by atoms with Crippen LogP contribution < -0.4 is 14.8 Å². The van der Waals surface area contributed by atoms with E-state index in [1.54, 1.807) is 12.3 Å². The summed E-state index contributed by atoms with van der Waals surface area (Å²) in [7, 11) is 0. The summed E-state index contributed by atoms with van der Waals surface area (Å²) in [6, 6.07) is 5.57. The smallest absolute Gasteiger partial charge is 0.357 e. The monoisotopic (exact) mass is 306 g/mol. The van der Waals surface area contributed by atoms with Gasteiger partial charge in [0.15, 0.2) is 22.3 Å². The van der Waals surface area contributed by atoms with Gasteiger partial charge in [0.25, 0.3) is 0 Å². The molecular weight excluding hydrogens is 292 g/mol. The molecule has 0 saturated carbocycles. The van der Waals surface area contributed by atoms with Crippen molar-refractivity contribution < 1.29 is 19.0 Å². The number of rotatable bonds is 4. The Morgan fingerprint density at radius 1 is 1.38 bits per heavy atom. The van der Waals surface area contributed by atoms with Crippen molar-refractivity contribution in [3.63, 3.8) is 0 Å². The van der Waals surface area contributed by atoms with Gasteiger partial charge in [-0.3, -0.25) is 0 Å². The van der Waals surface area contributed by atoms with Gasteiger partial charge in [0.1, 0.15) is 13.2 Å². The molecule has 0 aliphatic carbocycles. The number of anilines is 2. The number of ether oxygens (including phenoxy) is 3. The Balaban J connectivity index is 1.73. The van der Waals surface area contributed by atoms with E-state index in [-0.39, 0.29) is 0 Å². The van der Waals surface area contributed by atoms with Gasteiger partial charge in [-0.15, -0.1) is 11.3 Å². The van der Waals surface area contributed by atoms with Gasteiger partial charge in [-0.2, -0.15) is 0 Å². The second-order valence-corrected chi connectivity index (χ2v) is 5.10. The van der Waals surface area contributed by atoms with E-state index in [9.17, 15) is 4.79 Å². The first-order valence-electron chi connectivity index (χ1n) is 6.55. The Labute approximate surface area is 125 Å². The van der Waals surface area contributed by atoms with Crippen LogP contribution >= 0.6 is 11.3 Å². The summed E-state index contributed by atoms with van der Waals surface area (Å²) in [5.41, 5.74) is 1.13. The highest BCUT2D eigenvalue weighted by Gasteiger charge is 2.14. The summed E-state index contributed by atoms with van der Waals surface area (Å²) in [6.07, 6.45) is 0. The second-order valence-electron chi connectivity index (χ2n) is 4.24. The Bertz CT molecular complexity index is 656. The number of esters is 1. The molecule has 1 aliphatic heterocycles. The molecule has 0 unspecified atom stereocenters. The zero-order valence-electron chi connectivity index (χ0n) is 11.4. The number of benzene rings is 1. The summed E-state index contributed by atoms with van der Waals surface area (Å²) in [4.78, 5) is 15.8. The van der Waals surface area contributed by atoms with Gasteiger partial charge in [-0.05, 0) is 19.1 Å². The summed E-state index contributed by atoms with van der Waals surface area (Å²) in [5, 5.41) is 5.42. The number of nitrogens with zero attached hydrogens (tertiary/aromatic N) is 1.